The van der Waals surface area contributed by atoms with Gasteiger partial charge in [0.15, 0.2) is 0 Å². The molecule has 1 aliphatic heterocycles. The lowest BCUT2D eigenvalue weighted by Gasteiger charge is -2.25. The van der Waals surface area contributed by atoms with Gasteiger partial charge in [-0.25, -0.2) is 0 Å². The van der Waals surface area contributed by atoms with Gasteiger partial charge in [-0.3, -0.25) is 4.90 Å². The molecule has 1 unspecified atom stereocenters. The smallest absolute Gasteiger partial charge is 0.128 e. The summed E-state index contributed by atoms with van der Waals surface area (Å²) in [6, 6.07) is 6.55. The van der Waals surface area contributed by atoms with E-state index in [1.165, 1.54) is 27.6 Å². The normalized spacial score (nSPS) is 17.8. The number of hydrogen-bond acceptors (Lipinski definition) is 4. The van der Waals surface area contributed by atoms with Crippen molar-refractivity contribution in [3.63, 3.8) is 0 Å². The third kappa shape index (κ3) is 4.47. The van der Waals surface area contributed by atoms with Crippen LogP contribution in [0.1, 0.15) is 42.1 Å². The number of aromatic nitrogens is 1. The minimum Gasteiger partial charge on any atom is -0.377 e. The van der Waals surface area contributed by atoms with E-state index in [9.17, 15) is 0 Å². The van der Waals surface area contributed by atoms with Crippen LogP contribution in [0.4, 0.5) is 0 Å². The maximum Gasteiger partial charge on any atom is 0.128 e. The summed E-state index contributed by atoms with van der Waals surface area (Å²) in [6.07, 6.45) is 5.33. The van der Waals surface area contributed by atoms with Gasteiger partial charge in [0, 0.05) is 36.3 Å². The van der Waals surface area contributed by atoms with Crippen LogP contribution in [0.5, 0.6) is 0 Å². The van der Waals surface area contributed by atoms with Crippen molar-refractivity contribution in [1.29, 1.82) is 0 Å². The molecule has 2 heterocycles. The Hall–Kier alpha value is -1.17. The maximum atomic E-state index is 5.85. The second kappa shape index (κ2) is 8.28. The van der Waals surface area contributed by atoms with E-state index in [1.54, 1.807) is 6.26 Å². The molecule has 130 valence electrons. The molecule has 1 aromatic carbocycles. The highest BCUT2D eigenvalue weighted by atomic mass is 79.9. The van der Waals surface area contributed by atoms with E-state index in [2.05, 4.69) is 58.0 Å². The van der Waals surface area contributed by atoms with Crippen LogP contribution < -0.4 is 0 Å². The highest BCUT2D eigenvalue weighted by molar-refractivity contribution is 9.10. The van der Waals surface area contributed by atoms with E-state index >= 15 is 0 Å². The zero-order chi connectivity index (χ0) is 16.9. The van der Waals surface area contributed by atoms with Crippen LogP contribution in [-0.4, -0.2) is 29.3 Å². The Morgan fingerprint density at radius 3 is 2.83 bits per heavy atom. The third-order valence-corrected chi connectivity index (χ3v) is 5.28. The van der Waals surface area contributed by atoms with E-state index in [0.717, 1.165) is 44.8 Å². The number of hydrogen-bond donors (Lipinski definition) is 0. The zero-order valence-electron chi connectivity index (χ0n) is 14.4. The summed E-state index contributed by atoms with van der Waals surface area (Å²) in [7, 11) is 0. The Morgan fingerprint density at radius 1 is 1.29 bits per heavy atom. The molecule has 0 N–H and O–H groups in total. The number of ether oxygens (including phenoxy) is 1. The van der Waals surface area contributed by atoms with Gasteiger partial charge < -0.3 is 9.26 Å². The number of halogens is 1. The van der Waals surface area contributed by atoms with E-state index < -0.39 is 0 Å². The van der Waals surface area contributed by atoms with Gasteiger partial charge in [0.05, 0.1) is 11.8 Å². The zero-order valence-corrected chi connectivity index (χ0v) is 16.0. The molecule has 0 spiro atoms. The molecule has 0 amide bonds. The second-order valence-corrected chi connectivity index (χ2v) is 7.39. The first-order valence-corrected chi connectivity index (χ1v) is 9.46. The monoisotopic (exact) mass is 392 g/mol. The molecule has 1 aromatic heterocycles. The summed E-state index contributed by atoms with van der Waals surface area (Å²) < 4.78 is 12.2. The van der Waals surface area contributed by atoms with Crippen molar-refractivity contribution >= 4 is 15.9 Å². The van der Waals surface area contributed by atoms with E-state index in [0.29, 0.717) is 6.10 Å². The number of benzene rings is 1. The molecule has 1 atom stereocenters. The summed E-state index contributed by atoms with van der Waals surface area (Å²) in [5.41, 5.74) is 4.80. The number of aryl methyl sites for hydroxylation is 2. The quantitative estimate of drug-likeness (QED) is 0.695. The lowest BCUT2D eigenvalue weighted by atomic mass is 10.1. The molecule has 4 nitrogen and oxygen atoms in total. The fraction of sp³-hybridized carbons (Fsp3) is 0.526. The summed E-state index contributed by atoms with van der Waals surface area (Å²) in [5.74, 6) is 0. The summed E-state index contributed by atoms with van der Waals surface area (Å²) >= 11 is 3.71. The van der Waals surface area contributed by atoms with Gasteiger partial charge >= 0.3 is 0 Å². The lowest BCUT2D eigenvalue weighted by Crippen LogP contribution is -2.31. The maximum absolute atomic E-state index is 5.85. The molecule has 5 heteroatoms. The molecule has 1 aliphatic rings. The van der Waals surface area contributed by atoms with Crippen molar-refractivity contribution in [2.45, 2.75) is 52.3 Å². The second-order valence-electron chi connectivity index (χ2n) is 6.54. The Labute approximate surface area is 152 Å². The minimum atomic E-state index is 0.333. The van der Waals surface area contributed by atoms with Gasteiger partial charge in [0.2, 0.25) is 0 Å². The van der Waals surface area contributed by atoms with Gasteiger partial charge in [-0.2, -0.15) is 0 Å². The molecule has 24 heavy (non-hydrogen) atoms. The van der Waals surface area contributed by atoms with Gasteiger partial charge in [-0.1, -0.05) is 40.1 Å². The van der Waals surface area contributed by atoms with Crippen LogP contribution in [0, 0.1) is 6.92 Å². The highest BCUT2D eigenvalue weighted by Crippen LogP contribution is 2.23. The van der Waals surface area contributed by atoms with Crippen LogP contribution in [0.25, 0.3) is 0 Å². The van der Waals surface area contributed by atoms with Crippen molar-refractivity contribution in [3.05, 3.63) is 51.3 Å². The highest BCUT2D eigenvalue weighted by Gasteiger charge is 2.21. The molecule has 2 aromatic rings. The Morgan fingerprint density at radius 2 is 2.12 bits per heavy atom. The molecule has 3 rings (SSSR count). The van der Waals surface area contributed by atoms with Crippen LogP contribution in [0.3, 0.4) is 0 Å². The predicted molar refractivity (Wildman–Crippen MR) is 97.8 cm³/mol. The summed E-state index contributed by atoms with van der Waals surface area (Å²) in [4.78, 5) is 2.44. The number of rotatable bonds is 7. The van der Waals surface area contributed by atoms with E-state index in [4.69, 9.17) is 9.26 Å². The summed E-state index contributed by atoms with van der Waals surface area (Å²) in [5, 5.41) is 4.11. The van der Waals surface area contributed by atoms with Gasteiger partial charge in [0.25, 0.3) is 0 Å². The van der Waals surface area contributed by atoms with Gasteiger partial charge in [0.1, 0.15) is 6.26 Å². The van der Waals surface area contributed by atoms with Crippen LogP contribution in [0.2, 0.25) is 0 Å². The van der Waals surface area contributed by atoms with E-state index in [-0.39, 0.29) is 0 Å². The van der Waals surface area contributed by atoms with Crippen molar-refractivity contribution in [1.82, 2.24) is 10.1 Å². The molecule has 1 saturated heterocycles. The number of nitrogens with zero attached hydrogens (tertiary/aromatic N) is 2. The molecule has 1 fully saturated rings. The Bertz CT molecular complexity index is 665. The summed E-state index contributed by atoms with van der Waals surface area (Å²) in [6.45, 7) is 7.78. The lowest BCUT2D eigenvalue weighted by molar-refractivity contribution is 0.0677. The molecular formula is C19H25BrN2O2. The SMILES string of the molecule is CCc1nocc1CN(Cc1ccc(C)cc1Br)CC1CCCO1. The Balaban J connectivity index is 1.75. The van der Waals surface area contributed by atoms with Crippen molar-refractivity contribution in [3.8, 4) is 0 Å². The molecule has 0 aliphatic carbocycles. The van der Waals surface area contributed by atoms with Crippen LogP contribution in [-0.2, 0) is 24.2 Å². The standard InChI is InChI=1S/C19H25BrN2O2/c1-3-19-16(13-24-21-19)11-22(12-17-5-4-8-23-17)10-15-7-6-14(2)9-18(15)20/h6-7,9,13,17H,3-5,8,10-12H2,1-2H3. The van der Waals surface area contributed by atoms with Crippen molar-refractivity contribution in [2.24, 2.45) is 0 Å². The molecular weight excluding hydrogens is 368 g/mol. The predicted octanol–water partition coefficient (Wildman–Crippen LogP) is 4.49. The molecule has 0 radical (unpaired) electrons. The first-order valence-electron chi connectivity index (χ1n) is 8.66. The van der Waals surface area contributed by atoms with E-state index in [1.807, 2.05) is 0 Å². The first-order chi connectivity index (χ1) is 11.7. The van der Waals surface area contributed by atoms with Gasteiger partial charge in [-0.05, 0) is 43.4 Å². The minimum absolute atomic E-state index is 0.333. The average Bonchev–Trinajstić information content (AvgIpc) is 3.21. The van der Waals surface area contributed by atoms with Gasteiger partial charge in [-0.15, -0.1) is 0 Å². The fourth-order valence-corrected chi connectivity index (χ4v) is 3.84. The van der Waals surface area contributed by atoms with Crippen LogP contribution >= 0.6 is 15.9 Å². The van der Waals surface area contributed by atoms with Crippen molar-refractivity contribution < 1.29 is 9.26 Å². The fourth-order valence-electron chi connectivity index (χ4n) is 3.22. The average molecular weight is 393 g/mol. The topological polar surface area (TPSA) is 38.5 Å². The van der Waals surface area contributed by atoms with Crippen LogP contribution in [0.15, 0.2) is 33.5 Å². The third-order valence-electron chi connectivity index (χ3n) is 4.55. The van der Waals surface area contributed by atoms with Crippen molar-refractivity contribution in [2.75, 3.05) is 13.2 Å². The molecule has 0 saturated carbocycles. The first kappa shape index (κ1) is 17.6. The largest absolute Gasteiger partial charge is 0.377 e. The molecule has 0 bridgehead atoms. The Kier molecular flexibility index (Phi) is 6.09.